The molecule has 1 fully saturated rings. The zero-order valence-electron chi connectivity index (χ0n) is 15.3. The zero-order valence-corrected chi connectivity index (χ0v) is 15.3. The van der Waals surface area contributed by atoms with Gasteiger partial charge in [-0.1, -0.05) is 79.9 Å². The summed E-state index contributed by atoms with van der Waals surface area (Å²) in [6, 6.07) is 20.1. The molecule has 0 bridgehead atoms. The molecule has 0 aliphatic heterocycles. The first-order valence-electron chi connectivity index (χ1n) is 9.60. The van der Waals surface area contributed by atoms with Crippen molar-refractivity contribution in [2.75, 3.05) is 0 Å². The standard InChI is InChI=1S/C23H23N3O/c27-23(25-19-14-8-3-9-15-19)20-16-24-21(17-10-4-1-5-11-17)22(26-20)18-12-6-2-7-13-18/h1-2,4-7,10-13,16,19H,3,8-9,14-15H2,(H,25,27). The van der Waals surface area contributed by atoms with E-state index in [1.165, 1.54) is 19.3 Å². The number of carbonyl (C=O) groups is 1. The molecule has 136 valence electrons. The fourth-order valence-electron chi connectivity index (χ4n) is 3.61. The Kier molecular flexibility index (Phi) is 5.24. The van der Waals surface area contributed by atoms with Crippen molar-refractivity contribution in [3.05, 3.63) is 72.6 Å². The van der Waals surface area contributed by atoms with Gasteiger partial charge in [0.05, 0.1) is 17.6 Å². The smallest absolute Gasteiger partial charge is 0.271 e. The lowest BCUT2D eigenvalue weighted by atomic mass is 9.95. The number of hydrogen-bond acceptors (Lipinski definition) is 3. The lowest BCUT2D eigenvalue weighted by Gasteiger charge is -2.22. The van der Waals surface area contributed by atoms with Gasteiger partial charge in [0, 0.05) is 17.2 Å². The highest BCUT2D eigenvalue weighted by molar-refractivity contribution is 5.93. The minimum absolute atomic E-state index is 0.133. The molecule has 1 aliphatic carbocycles. The quantitative estimate of drug-likeness (QED) is 0.724. The van der Waals surface area contributed by atoms with Crippen LogP contribution in [0.4, 0.5) is 0 Å². The molecule has 4 rings (SSSR count). The molecule has 0 saturated heterocycles. The van der Waals surface area contributed by atoms with Crippen molar-refractivity contribution in [1.82, 2.24) is 15.3 Å². The van der Waals surface area contributed by atoms with Gasteiger partial charge in [-0.25, -0.2) is 4.98 Å². The Bertz CT molecular complexity index is 903. The second-order valence-corrected chi connectivity index (χ2v) is 6.99. The van der Waals surface area contributed by atoms with Gasteiger partial charge in [0.15, 0.2) is 0 Å². The van der Waals surface area contributed by atoms with Gasteiger partial charge >= 0.3 is 0 Å². The van der Waals surface area contributed by atoms with Crippen LogP contribution in [0, 0.1) is 0 Å². The number of amides is 1. The van der Waals surface area contributed by atoms with Crippen LogP contribution in [0.3, 0.4) is 0 Å². The van der Waals surface area contributed by atoms with Crippen LogP contribution in [0.1, 0.15) is 42.6 Å². The van der Waals surface area contributed by atoms with Gasteiger partial charge < -0.3 is 5.32 Å². The maximum atomic E-state index is 12.7. The van der Waals surface area contributed by atoms with Crippen LogP contribution < -0.4 is 5.32 Å². The van der Waals surface area contributed by atoms with E-state index in [0.717, 1.165) is 35.4 Å². The number of nitrogens with one attached hydrogen (secondary N) is 1. The Labute approximate surface area is 159 Å². The first-order valence-corrected chi connectivity index (χ1v) is 9.60. The summed E-state index contributed by atoms with van der Waals surface area (Å²) < 4.78 is 0. The van der Waals surface area contributed by atoms with Crippen LogP contribution in [-0.4, -0.2) is 21.9 Å². The summed E-state index contributed by atoms with van der Waals surface area (Å²) in [6.07, 6.45) is 7.31. The zero-order chi connectivity index (χ0) is 18.5. The van der Waals surface area contributed by atoms with Gasteiger partial charge in [-0.05, 0) is 12.8 Å². The highest BCUT2D eigenvalue weighted by atomic mass is 16.1. The maximum absolute atomic E-state index is 12.7. The third kappa shape index (κ3) is 4.05. The molecule has 0 spiro atoms. The number of nitrogens with zero attached hydrogens (tertiary/aromatic N) is 2. The minimum atomic E-state index is -0.133. The van der Waals surface area contributed by atoms with Crippen molar-refractivity contribution >= 4 is 5.91 Å². The highest BCUT2D eigenvalue weighted by Crippen LogP contribution is 2.28. The fraction of sp³-hybridized carbons (Fsp3) is 0.261. The maximum Gasteiger partial charge on any atom is 0.271 e. The Balaban J connectivity index is 1.69. The van der Waals surface area contributed by atoms with Crippen LogP contribution in [0.2, 0.25) is 0 Å². The summed E-state index contributed by atoms with van der Waals surface area (Å²) >= 11 is 0. The van der Waals surface area contributed by atoms with Crippen molar-refractivity contribution < 1.29 is 4.79 Å². The van der Waals surface area contributed by atoms with Crippen LogP contribution in [0.25, 0.3) is 22.5 Å². The van der Waals surface area contributed by atoms with E-state index in [1.807, 2.05) is 60.7 Å². The van der Waals surface area contributed by atoms with Crippen molar-refractivity contribution in [2.45, 2.75) is 38.1 Å². The summed E-state index contributed by atoms with van der Waals surface area (Å²) in [5.41, 5.74) is 3.84. The van der Waals surface area contributed by atoms with E-state index in [4.69, 9.17) is 4.98 Å². The predicted octanol–water partition coefficient (Wildman–Crippen LogP) is 4.87. The molecule has 2 aromatic carbocycles. The van der Waals surface area contributed by atoms with E-state index in [0.29, 0.717) is 5.69 Å². The SMILES string of the molecule is O=C(NC1CCCCC1)c1cnc(-c2ccccc2)c(-c2ccccc2)n1. The first kappa shape index (κ1) is 17.4. The summed E-state index contributed by atoms with van der Waals surface area (Å²) in [4.78, 5) is 22.1. The Morgan fingerprint density at radius 3 is 2.04 bits per heavy atom. The lowest BCUT2D eigenvalue weighted by molar-refractivity contribution is 0.0922. The molecule has 0 atom stereocenters. The number of benzene rings is 2. The average Bonchev–Trinajstić information content (AvgIpc) is 2.75. The van der Waals surface area contributed by atoms with E-state index in [-0.39, 0.29) is 11.9 Å². The third-order valence-corrected chi connectivity index (χ3v) is 5.04. The first-order chi connectivity index (χ1) is 13.3. The molecule has 0 unspecified atom stereocenters. The number of rotatable bonds is 4. The number of aromatic nitrogens is 2. The molecule has 0 radical (unpaired) electrons. The lowest BCUT2D eigenvalue weighted by Crippen LogP contribution is -2.36. The van der Waals surface area contributed by atoms with E-state index in [9.17, 15) is 4.79 Å². The average molecular weight is 357 g/mol. The second kappa shape index (κ2) is 8.12. The predicted molar refractivity (Wildman–Crippen MR) is 107 cm³/mol. The fourth-order valence-corrected chi connectivity index (χ4v) is 3.61. The van der Waals surface area contributed by atoms with Crippen molar-refractivity contribution in [3.8, 4) is 22.5 Å². The van der Waals surface area contributed by atoms with Gasteiger partial charge in [0.25, 0.3) is 5.91 Å². The van der Waals surface area contributed by atoms with Gasteiger partial charge in [-0.15, -0.1) is 0 Å². The van der Waals surface area contributed by atoms with Crippen LogP contribution in [-0.2, 0) is 0 Å². The third-order valence-electron chi connectivity index (χ3n) is 5.04. The monoisotopic (exact) mass is 357 g/mol. The van der Waals surface area contributed by atoms with Crippen LogP contribution in [0.5, 0.6) is 0 Å². The molecule has 3 aromatic rings. The van der Waals surface area contributed by atoms with Gasteiger partial charge in [0.1, 0.15) is 5.69 Å². The Morgan fingerprint density at radius 2 is 1.41 bits per heavy atom. The van der Waals surface area contributed by atoms with Gasteiger partial charge in [-0.3, -0.25) is 9.78 Å². The Morgan fingerprint density at radius 1 is 0.815 bits per heavy atom. The van der Waals surface area contributed by atoms with E-state index < -0.39 is 0 Å². The van der Waals surface area contributed by atoms with Crippen LogP contribution in [0.15, 0.2) is 66.9 Å². The summed E-state index contributed by atoms with van der Waals surface area (Å²) in [5.74, 6) is -0.133. The minimum Gasteiger partial charge on any atom is -0.348 e. The van der Waals surface area contributed by atoms with E-state index in [1.54, 1.807) is 6.20 Å². The molecular weight excluding hydrogens is 334 g/mol. The van der Waals surface area contributed by atoms with Crippen LogP contribution >= 0.6 is 0 Å². The summed E-state index contributed by atoms with van der Waals surface area (Å²) in [6.45, 7) is 0. The summed E-state index contributed by atoms with van der Waals surface area (Å²) in [7, 11) is 0. The number of hydrogen-bond donors (Lipinski definition) is 1. The molecule has 4 nitrogen and oxygen atoms in total. The molecular formula is C23H23N3O. The molecule has 27 heavy (non-hydrogen) atoms. The largest absolute Gasteiger partial charge is 0.348 e. The molecule has 4 heteroatoms. The normalized spacial score (nSPS) is 14.7. The topological polar surface area (TPSA) is 54.9 Å². The molecule has 1 amide bonds. The molecule has 1 heterocycles. The van der Waals surface area contributed by atoms with Crippen molar-refractivity contribution in [2.24, 2.45) is 0 Å². The molecule has 1 aromatic heterocycles. The second-order valence-electron chi connectivity index (χ2n) is 6.99. The molecule has 1 N–H and O–H groups in total. The van der Waals surface area contributed by atoms with E-state index in [2.05, 4.69) is 10.3 Å². The van der Waals surface area contributed by atoms with Crippen molar-refractivity contribution in [1.29, 1.82) is 0 Å². The van der Waals surface area contributed by atoms with E-state index >= 15 is 0 Å². The van der Waals surface area contributed by atoms with Crippen molar-refractivity contribution in [3.63, 3.8) is 0 Å². The summed E-state index contributed by atoms with van der Waals surface area (Å²) in [5, 5.41) is 3.13. The molecule has 1 aliphatic rings. The molecule has 1 saturated carbocycles. The van der Waals surface area contributed by atoms with Gasteiger partial charge in [-0.2, -0.15) is 0 Å². The van der Waals surface area contributed by atoms with Gasteiger partial charge in [0.2, 0.25) is 0 Å². The Hall–Kier alpha value is -3.01. The highest BCUT2D eigenvalue weighted by Gasteiger charge is 2.19. The number of carbonyl (C=O) groups excluding carboxylic acids is 1.